The van der Waals surface area contributed by atoms with E-state index in [1.165, 1.54) is 212 Å². The van der Waals surface area contributed by atoms with Crippen LogP contribution >= 0.6 is 7.82 Å². The van der Waals surface area contributed by atoms with Crippen LogP contribution in [0.1, 0.15) is 284 Å². The third-order valence-corrected chi connectivity index (χ3v) is 14.7. The van der Waals surface area contributed by atoms with Crippen molar-refractivity contribution in [1.82, 2.24) is 5.32 Å². The van der Waals surface area contributed by atoms with E-state index in [0.717, 1.165) is 51.4 Å². The molecule has 0 heterocycles. The lowest BCUT2D eigenvalue weighted by Gasteiger charge is -2.25. The van der Waals surface area contributed by atoms with Gasteiger partial charge in [-0.1, -0.05) is 267 Å². The van der Waals surface area contributed by atoms with Gasteiger partial charge in [-0.15, -0.1) is 0 Å². The number of quaternary nitrogens is 1. The number of carbonyl (C=O) groups excluding carboxylic acids is 1. The highest BCUT2D eigenvalue weighted by Gasteiger charge is 2.27. The van der Waals surface area contributed by atoms with E-state index >= 15 is 0 Å². The number of rotatable bonds is 56. The topological polar surface area (TPSA) is 105 Å². The summed E-state index contributed by atoms with van der Waals surface area (Å²) in [6.45, 7) is 4.74. The average Bonchev–Trinajstić information content (AvgIpc) is 3.34. The first kappa shape index (κ1) is 70.2. The second-order valence-corrected chi connectivity index (χ2v) is 23.5. The van der Waals surface area contributed by atoms with Crippen molar-refractivity contribution in [3.8, 4) is 0 Å². The third kappa shape index (κ3) is 55.9. The number of allylic oxidation sites excluding steroid dienone is 9. The van der Waals surface area contributed by atoms with Crippen LogP contribution in [-0.4, -0.2) is 73.4 Å². The fraction of sp³-hybridized carbons (Fsp3) is 0.825. The number of aliphatic hydroxyl groups is 1. The van der Waals surface area contributed by atoms with E-state index < -0.39 is 20.0 Å². The molecule has 0 radical (unpaired) electrons. The Morgan fingerprint density at radius 2 is 0.806 bits per heavy atom. The minimum absolute atomic E-state index is 0.0562. The molecule has 72 heavy (non-hydrogen) atoms. The van der Waals surface area contributed by atoms with Crippen LogP contribution in [0.3, 0.4) is 0 Å². The Labute approximate surface area is 447 Å². The first-order chi connectivity index (χ1) is 35.0. The summed E-state index contributed by atoms with van der Waals surface area (Å²) in [5.41, 5.74) is 0. The zero-order valence-corrected chi connectivity index (χ0v) is 49.1. The zero-order chi connectivity index (χ0) is 52.7. The van der Waals surface area contributed by atoms with Gasteiger partial charge in [0.1, 0.15) is 13.2 Å². The van der Waals surface area contributed by atoms with Gasteiger partial charge in [-0.25, -0.2) is 4.57 Å². The Morgan fingerprint density at radius 1 is 0.472 bits per heavy atom. The number of carbonyl (C=O) groups is 1. The average molecular weight is 1030 g/mol. The summed E-state index contributed by atoms with van der Waals surface area (Å²) in [6, 6.07) is -0.860. The minimum Gasteiger partial charge on any atom is -0.387 e. The largest absolute Gasteiger partial charge is 0.472 e. The summed E-state index contributed by atoms with van der Waals surface area (Å²) >= 11 is 0. The second-order valence-electron chi connectivity index (χ2n) is 22.1. The molecule has 3 unspecified atom stereocenters. The maximum absolute atomic E-state index is 12.9. The summed E-state index contributed by atoms with van der Waals surface area (Å²) < 4.78 is 23.6. The van der Waals surface area contributed by atoms with E-state index in [1.807, 2.05) is 27.2 Å². The van der Waals surface area contributed by atoms with Crippen molar-refractivity contribution in [3.05, 3.63) is 60.8 Å². The number of phosphoric acid groups is 1. The van der Waals surface area contributed by atoms with Gasteiger partial charge in [0.15, 0.2) is 0 Å². The summed E-state index contributed by atoms with van der Waals surface area (Å²) in [7, 11) is 1.56. The molecular formula is C63H120N2O6P+. The molecule has 3 N–H and O–H groups in total. The van der Waals surface area contributed by atoms with Crippen molar-refractivity contribution >= 4 is 13.7 Å². The van der Waals surface area contributed by atoms with E-state index in [-0.39, 0.29) is 19.1 Å². The van der Waals surface area contributed by atoms with E-state index in [2.05, 4.69) is 67.8 Å². The smallest absolute Gasteiger partial charge is 0.387 e. The summed E-state index contributed by atoms with van der Waals surface area (Å²) in [6.07, 6.45) is 73.9. The van der Waals surface area contributed by atoms with Crippen molar-refractivity contribution in [2.24, 2.45) is 0 Å². The van der Waals surface area contributed by atoms with Gasteiger partial charge in [0.2, 0.25) is 5.91 Å². The molecule has 0 aromatic heterocycles. The number of nitrogens with zero attached hydrogens (tertiary/aromatic N) is 1. The molecule has 0 bridgehead atoms. The van der Waals surface area contributed by atoms with Gasteiger partial charge in [-0.3, -0.25) is 13.8 Å². The van der Waals surface area contributed by atoms with E-state index in [9.17, 15) is 19.4 Å². The molecule has 0 rings (SSSR count). The Hall–Kier alpha value is -1.80. The van der Waals surface area contributed by atoms with Crippen LogP contribution < -0.4 is 5.32 Å². The van der Waals surface area contributed by atoms with Crippen LogP contribution in [0.2, 0.25) is 0 Å². The van der Waals surface area contributed by atoms with Gasteiger partial charge in [0.25, 0.3) is 0 Å². The molecule has 422 valence electrons. The maximum atomic E-state index is 12.9. The fourth-order valence-corrected chi connectivity index (χ4v) is 9.63. The van der Waals surface area contributed by atoms with Gasteiger partial charge in [0.05, 0.1) is 39.9 Å². The standard InChI is InChI=1S/C63H119N2O6P/c1-6-8-10-12-14-16-17-18-19-20-21-22-23-24-25-26-27-28-29-30-31-32-33-34-35-36-37-38-39-40-41-42-43-44-45-46-47-49-51-53-55-57-63(67)64-61(60-71-72(68,69)70-59-58-65(3,4)5)62(66)56-54-52-50-48-15-13-11-9-7-2/h15,17-18,20-21,23-24,48,54,56,61-62,66H,6-14,16,19,22,25-47,49-53,55,57-60H2,1-5H3,(H-,64,67,68,69)/p+1/b18-17-,21-20-,24-23-,48-15+,56-54+. The normalized spacial score (nSPS) is 14.3. The number of unbranched alkanes of at least 4 members (excludes halogenated alkanes) is 35. The van der Waals surface area contributed by atoms with Crippen LogP contribution in [0.25, 0.3) is 0 Å². The molecule has 1 amide bonds. The van der Waals surface area contributed by atoms with E-state index in [4.69, 9.17) is 9.05 Å². The van der Waals surface area contributed by atoms with Gasteiger partial charge in [0, 0.05) is 6.42 Å². The number of amides is 1. The molecule has 0 aliphatic rings. The first-order valence-electron chi connectivity index (χ1n) is 30.7. The molecule has 8 nitrogen and oxygen atoms in total. The number of likely N-dealkylation sites (N-methyl/N-ethyl adjacent to an activating group) is 1. The third-order valence-electron chi connectivity index (χ3n) is 13.7. The van der Waals surface area contributed by atoms with Crippen molar-refractivity contribution in [1.29, 1.82) is 0 Å². The van der Waals surface area contributed by atoms with Gasteiger partial charge < -0.3 is 19.8 Å². The SMILES string of the molecule is CCCCC/C=C/CC/C=C/C(O)C(COP(=O)(O)OCC[N+](C)(C)C)NC(=O)CCCCCCCCCCCCCCCCCCCCCCCCCCCC/C=C\C/C=C\C/C=C\CCCCCCC. The lowest BCUT2D eigenvalue weighted by atomic mass is 10.0. The van der Waals surface area contributed by atoms with E-state index in [1.54, 1.807) is 6.08 Å². The van der Waals surface area contributed by atoms with Crippen LogP contribution in [0.4, 0.5) is 0 Å². The highest BCUT2D eigenvalue weighted by Crippen LogP contribution is 2.43. The summed E-state index contributed by atoms with van der Waals surface area (Å²) in [5, 5.41) is 13.8. The van der Waals surface area contributed by atoms with Crippen LogP contribution in [0, 0.1) is 0 Å². The van der Waals surface area contributed by atoms with Crippen molar-refractivity contribution in [3.63, 3.8) is 0 Å². The van der Waals surface area contributed by atoms with E-state index in [0.29, 0.717) is 17.4 Å². The molecule has 0 saturated carbocycles. The monoisotopic (exact) mass is 1030 g/mol. The number of aliphatic hydroxyl groups excluding tert-OH is 1. The quantitative estimate of drug-likeness (QED) is 0.0243. The fourth-order valence-electron chi connectivity index (χ4n) is 8.89. The Kier molecular flexibility index (Phi) is 52.7. The lowest BCUT2D eigenvalue weighted by Crippen LogP contribution is -2.45. The Bertz CT molecular complexity index is 1360. The predicted octanol–water partition coefficient (Wildman–Crippen LogP) is 18.9. The van der Waals surface area contributed by atoms with Crippen LogP contribution in [0.15, 0.2) is 60.8 Å². The number of phosphoric ester groups is 1. The molecule has 0 saturated heterocycles. The summed E-state index contributed by atoms with van der Waals surface area (Å²) in [4.78, 5) is 23.2. The molecule has 9 heteroatoms. The number of nitrogens with one attached hydrogen (secondary N) is 1. The highest BCUT2D eigenvalue weighted by molar-refractivity contribution is 7.47. The number of hydrogen-bond donors (Lipinski definition) is 3. The second kappa shape index (κ2) is 54.0. The Balaban J connectivity index is 3.78. The Morgan fingerprint density at radius 3 is 1.24 bits per heavy atom. The molecular weight excluding hydrogens is 912 g/mol. The van der Waals surface area contributed by atoms with Gasteiger partial charge >= 0.3 is 7.82 Å². The van der Waals surface area contributed by atoms with Gasteiger partial charge in [-0.2, -0.15) is 0 Å². The zero-order valence-electron chi connectivity index (χ0n) is 48.2. The van der Waals surface area contributed by atoms with Gasteiger partial charge in [-0.05, 0) is 70.6 Å². The molecule has 3 atom stereocenters. The lowest BCUT2D eigenvalue weighted by molar-refractivity contribution is -0.870. The molecule has 0 aromatic carbocycles. The van der Waals surface area contributed by atoms with Crippen molar-refractivity contribution in [2.45, 2.75) is 296 Å². The highest BCUT2D eigenvalue weighted by atomic mass is 31.2. The van der Waals surface area contributed by atoms with Crippen molar-refractivity contribution in [2.75, 3.05) is 40.9 Å². The molecule has 0 aromatic rings. The van der Waals surface area contributed by atoms with Crippen LogP contribution in [0.5, 0.6) is 0 Å². The first-order valence-corrected chi connectivity index (χ1v) is 32.2. The van der Waals surface area contributed by atoms with Crippen LogP contribution in [-0.2, 0) is 18.4 Å². The molecule has 0 spiro atoms. The molecule has 0 fully saturated rings. The minimum atomic E-state index is -4.34. The molecule has 0 aliphatic carbocycles. The maximum Gasteiger partial charge on any atom is 0.472 e. The van der Waals surface area contributed by atoms with Crippen molar-refractivity contribution < 1.29 is 32.9 Å². The number of hydrogen-bond acceptors (Lipinski definition) is 5. The molecule has 0 aliphatic heterocycles. The predicted molar refractivity (Wildman–Crippen MR) is 314 cm³/mol. The summed E-state index contributed by atoms with van der Waals surface area (Å²) in [5.74, 6) is -0.186.